The van der Waals surface area contributed by atoms with Crippen LogP contribution in [0.3, 0.4) is 0 Å². The number of rotatable bonds is 2. The van der Waals surface area contributed by atoms with Crippen LogP contribution < -0.4 is 11.2 Å². The van der Waals surface area contributed by atoms with Crippen molar-refractivity contribution < 1.29 is 19.0 Å². The molecule has 8 nitrogen and oxygen atoms in total. The first-order valence-electron chi connectivity index (χ1n) is 8.31. The van der Waals surface area contributed by atoms with E-state index in [1.54, 1.807) is 6.92 Å². The molecule has 3 heterocycles. The average molecular weight is 336 g/mol. The summed E-state index contributed by atoms with van der Waals surface area (Å²) >= 11 is 0. The van der Waals surface area contributed by atoms with E-state index >= 15 is 0 Å². The number of aromatic amines is 1. The highest BCUT2D eigenvalue weighted by atomic mass is 16.8. The summed E-state index contributed by atoms with van der Waals surface area (Å²) < 4.78 is 19.3. The molecule has 0 amide bonds. The summed E-state index contributed by atoms with van der Waals surface area (Å²) in [5.41, 5.74) is -0.644. The molecule has 1 spiro atoms. The summed E-state index contributed by atoms with van der Waals surface area (Å²) in [6.07, 6.45) is 4.15. The zero-order valence-electron chi connectivity index (χ0n) is 13.4. The summed E-state index contributed by atoms with van der Waals surface area (Å²) in [6, 6.07) is 0. The fraction of sp³-hybridized carbons (Fsp3) is 0.688. The SMILES string of the molecule is Cc1cn([C@@H]2O[C@H](C=O)C3OC4(CCCCC4)O[C@@H]32)c(=O)[nH]c1=O. The van der Waals surface area contributed by atoms with Gasteiger partial charge in [0.2, 0.25) is 0 Å². The molecule has 2 saturated heterocycles. The molecule has 1 aromatic heterocycles. The van der Waals surface area contributed by atoms with Crippen LogP contribution >= 0.6 is 0 Å². The standard InChI is InChI=1S/C16H20N2O6/c1-9-7-18(15(21)17-13(9)20)14-12-11(10(8-19)22-14)23-16(24-12)5-3-2-4-6-16/h7-8,10-12,14H,2-6H2,1H3,(H,17,20,21)/t10-,11?,12+,14-/m1/s1. The van der Waals surface area contributed by atoms with Gasteiger partial charge in [-0.2, -0.15) is 0 Å². The lowest BCUT2D eigenvalue weighted by Gasteiger charge is -2.33. The van der Waals surface area contributed by atoms with Crippen molar-refractivity contribution in [3.8, 4) is 0 Å². The number of ether oxygens (including phenoxy) is 3. The lowest BCUT2D eigenvalue weighted by atomic mass is 9.94. The first kappa shape index (κ1) is 15.7. The van der Waals surface area contributed by atoms with Crippen molar-refractivity contribution in [3.63, 3.8) is 0 Å². The predicted molar refractivity (Wildman–Crippen MR) is 81.6 cm³/mol. The number of H-pyrrole nitrogens is 1. The Balaban J connectivity index is 1.70. The van der Waals surface area contributed by atoms with E-state index in [9.17, 15) is 14.4 Å². The van der Waals surface area contributed by atoms with Crippen LogP contribution in [0.15, 0.2) is 15.8 Å². The number of hydrogen-bond donors (Lipinski definition) is 1. The third-order valence-electron chi connectivity index (χ3n) is 5.10. The Morgan fingerprint density at radius 1 is 1.21 bits per heavy atom. The second kappa shape index (κ2) is 5.65. The van der Waals surface area contributed by atoms with E-state index in [2.05, 4.69) is 4.98 Å². The number of aldehydes is 1. The Hall–Kier alpha value is -1.77. The van der Waals surface area contributed by atoms with Crippen molar-refractivity contribution in [1.82, 2.24) is 9.55 Å². The molecule has 0 radical (unpaired) electrons. The van der Waals surface area contributed by atoms with Crippen molar-refractivity contribution in [2.24, 2.45) is 0 Å². The van der Waals surface area contributed by atoms with Crippen molar-refractivity contribution >= 4 is 6.29 Å². The summed E-state index contributed by atoms with van der Waals surface area (Å²) in [7, 11) is 0. The fourth-order valence-electron chi connectivity index (χ4n) is 3.88. The highest BCUT2D eigenvalue weighted by Gasteiger charge is 2.59. The van der Waals surface area contributed by atoms with Crippen LogP contribution in [-0.4, -0.2) is 39.9 Å². The third-order valence-corrected chi connectivity index (χ3v) is 5.10. The molecule has 1 unspecified atom stereocenters. The molecule has 4 atom stereocenters. The summed E-state index contributed by atoms with van der Waals surface area (Å²) in [5, 5.41) is 0. The van der Waals surface area contributed by atoms with Crippen molar-refractivity contribution in [3.05, 3.63) is 32.6 Å². The Morgan fingerprint density at radius 2 is 1.92 bits per heavy atom. The first-order valence-corrected chi connectivity index (χ1v) is 8.31. The maximum Gasteiger partial charge on any atom is 0.330 e. The summed E-state index contributed by atoms with van der Waals surface area (Å²) in [6.45, 7) is 1.60. The van der Waals surface area contributed by atoms with Crippen LogP contribution in [0.1, 0.15) is 43.9 Å². The molecular formula is C16H20N2O6. The van der Waals surface area contributed by atoms with Gasteiger partial charge in [-0.15, -0.1) is 0 Å². The van der Waals surface area contributed by atoms with Gasteiger partial charge in [-0.25, -0.2) is 4.79 Å². The molecule has 1 aliphatic carbocycles. The van der Waals surface area contributed by atoms with E-state index in [0.717, 1.165) is 32.1 Å². The van der Waals surface area contributed by atoms with E-state index < -0.39 is 41.6 Å². The van der Waals surface area contributed by atoms with E-state index in [0.29, 0.717) is 11.8 Å². The molecule has 4 rings (SSSR count). The van der Waals surface area contributed by atoms with Crippen LogP contribution in [-0.2, 0) is 19.0 Å². The molecule has 1 saturated carbocycles. The molecule has 1 aromatic rings. The number of aryl methyl sites for hydroxylation is 1. The molecule has 130 valence electrons. The molecule has 3 fully saturated rings. The Morgan fingerprint density at radius 3 is 2.62 bits per heavy atom. The zero-order valence-corrected chi connectivity index (χ0v) is 13.4. The van der Waals surface area contributed by atoms with Gasteiger partial charge in [0.1, 0.15) is 18.3 Å². The van der Waals surface area contributed by atoms with Gasteiger partial charge in [-0.1, -0.05) is 6.42 Å². The maximum atomic E-state index is 12.2. The van der Waals surface area contributed by atoms with Gasteiger partial charge in [0.05, 0.1) is 0 Å². The van der Waals surface area contributed by atoms with E-state index in [1.165, 1.54) is 10.8 Å². The van der Waals surface area contributed by atoms with Crippen LogP contribution in [0.4, 0.5) is 0 Å². The van der Waals surface area contributed by atoms with Crippen molar-refractivity contribution in [2.45, 2.75) is 69.4 Å². The monoisotopic (exact) mass is 336 g/mol. The van der Waals surface area contributed by atoms with Gasteiger partial charge >= 0.3 is 5.69 Å². The number of aromatic nitrogens is 2. The number of fused-ring (bicyclic) bond motifs is 1. The average Bonchev–Trinajstić information content (AvgIpc) is 3.07. The zero-order chi connectivity index (χ0) is 16.9. The molecule has 0 aromatic carbocycles. The minimum Gasteiger partial charge on any atom is -0.341 e. The van der Waals surface area contributed by atoms with E-state index in [-0.39, 0.29) is 0 Å². The molecule has 3 aliphatic rings. The second-order valence-electron chi connectivity index (χ2n) is 6.74. The minimum atomic E-state index is -0.797. The molecular weight excluding hydrogens is 316 g/mol. The summed E-state index contributed by atoms with van der Waals surface area (Å²) in [5.74, 6) is -0.683. The highest BCUT2D eigenvalue weighted by molar-refractivity contribution is 5.58. The second-order valence-corrected chi connectivity index (χ2v) is 6.74. The van der Waals surface area contributed by atoms with Crippen LogP contribution in [0, 0.1) is 6.92 Å². The van der Waals surface area contributed by atoms with Gasteiger partial charge in [0.15, 0.2) is 18.3 Å². The first-order chi connectivity index (χ1) is 11.5. The number of carbonyl (C=O) groups is 1. The molecule has 24 heavy (non-hydrogen) atoms. The number of nitrogens with zero attached hydrogens (tertiary/aromatic N) is 1. The van der Waals surface area contributed by atoms with Gasteiger partial charge in [0.25, 0.3) is 5.56 Å². The number of hydrogen-bond acceptors (Lipinski definition) is 6. The lowest BCUT2D eigenvalue weighted by molar-refractivity contribution is -0.228. The molecule has 2 aliphatic heterocycles. The van der Waals surface area contributed by atoms with E-state index in [1.807, 2.05) is 0 Å². The normalized spacial score (nSPS) is 34.4. The smallest absolute Gasteiger partial charge is 0.330 e. The molecule has 8 heteroatoms. The quantitative estimate of drug-likeness (QED) is 0.784. The Labute approximate surface area is 137 Å². The molecule has 0 bridgehead atoms. The van der Waals surface area contributed by atoms with Crippen molar-refractivity contribution in [1.29, 1.82) is 0 Å². The van der Waals surface area contributed by atoms with Gasteiger partial charge in [-0.05, 0) is 19.8 Å². The van der Waals surface area contributed by atoms with Crippen molar-refractivity contribution in [2.75, 3.05) is 0 Å². The minimum absolute atomic E-state index is 0.385. The van der Waals surface area contributed by atoms with Crippen LogP contribution in [0.2, 0.25) is 0 Å². The number of carbonyl (C=O) groups excluding carboxylic acids is 1. The Bertz CT molecular complexity index is 763. The summed E-state index contributed by atoms with van der Waals surface area (Å²) in [4.78, 5) is 37.4. The number of nitrogens with one attached hydrogen (secondary N) is 1. The largest absolute Gasteiger partial charge is 0.341 e. The van der Waals surface area contributed by atoms with Crippen LogP contribution in [0.25, 0.3) is 0 Å². The van der Waals surface area contributed by atoms with E-state index in [4.69, 9.17) is 14.2 Å². The van der Waals surface area contributed by atoms with Gasteiger partial charge in [0, 0.05) is 24.6 Å². The van der Waals surface area contributed by atoms with Crippen LogP contribution in [0.5, 0.6) is 0 Å². The van der Waals surface area contributed by atoms with Gasteiger partial charge < -0.3 is 19.0 Å². The topological polar surface area (TPSA) is 99.6 Å². The fourth-order valence-corrected chi connectivity index (χ4v) is 3.88. The molecule has 1 N–H and O–H groups in total. The lowest BCUT2D eigenvalue weighted by Crippen LogP contribution is -2.39. The third kappa shape index (κ3) is 2.37. The highest BCUT2D eigenvalue weighted by Crippen LogP contribution is 2.47. The van der Waals surface area contributed by atoms with Gasteiger partial charge in [-0.3, -0.25) is 14.3 Å². The Kier molecular flexibility index (Phi) is 3.70. The predicted octanol–water partition coefficient (Wildman–Crippen LogP) is 0.386. The maximum absolute atomic E-state index is 12.2.